The van der Waals surface area contributed by atoms with Gasteiger partial charge in [-0.15, -0.1) is 0 Å². The summed E-state index contributed by atoms with van der Waals surface area (Å²) in [6, 6.07) is 14.0. The van der Waals surface area contributed by atoms with Gasteiger partial charge in [0.25, 0.3) is 11.8 Å². The summed E-state index contributed by atoms with van der Waals surface area (Å²) in [7, 11) is 0. The molecular formula is C22H27N3O3. The quantitative estimate of drug-likeness (QED) is 0.656. The molecule has 0 fully saturated rings. The lowest BCUT2D eigenvalue weighted by Gasteiger charge is -2.12. The summed E-state index contributed by atoms with van der Waals surface area (Å²) < 4.78 is 0. The Morgan fingerprint density at radius 2 is 1.57 bits per heavy atom. The number of amides is 3. The van der Waals surface area contributed by atoms with E-state index in [0.717, 1.165) is 5.56 Å². The first-order chi connectivity index (χ1) is 13.4. The summed E-state index contributed by atoms with van der Waals surface area (Å²) in [4.78, 5) is 36.2. The van der Waals surface area contributed by atoms with Crippen LogP contribution in [0, 0.1) is 12.8 Å². The highest BCUT2D eigenvalue weighted by molar-refractivity contribution is 5.97. The van der Waals surface area contributed by atoms with Gasteiger partial charge in [0.05, 0.1) is 0 Å². The number of rotatable bonds is 8. The molecular weight excluding hydrogens is 354 g/mol. The van der Waals surface area contributed by atoms with Crippen molar-refractivity contribution in [2.24, 2.45) is 5.92 Å². The normalized spacial score (nSPS) is 10.4. The lowest BCUT2D eigenvalue weighted by Crippen LogP contribution is -2.28. The van der Waals surface area contributed by atoms with E-state index in [4.69, 9.17) is 0 Å². The van der Waals surface area contributed by atoms with E-state index in [1.807, 2.05) is 26.8 Å². The third-order valence-corrected chi connectivity index (χ3v) is 4.11. The van der Waals surface area contributed by atoms with Gasteiger partial charge in [0.1, 0.15) is 0 Å². The Morgan fingerprint density at radius 3 is 2.21 bits per heavy atom. The number of carbonyl (C=O) groups excluding carboxylic acids is 3. The maximum atomic E-state index is 12.1. The lowest BCUT2D eigenvalue weighted by molar-refractivity contribution is -0.116. The maximum Gasteiger partial charge on any atom is 0.251 e. The van der Waals surface area contributed by atoms with E-state index in [2.05, 4.69) is 16.0 Å². The van der Waals surface area contributed by atoms with Crippen molar-refractivity contribution < 1.29 is 14.4 Å². The van der Waals surface area contributed by atoms with Crippen molar-refractivity contribution in [3.8, 4) is 0 Å². The van der Waals surface area contributed by atoms with Crippen LogP contribution in [0.5, 0.6) is 0 Å². The molecule has 6 nitrogen and oxygen atoms in total. The van der Waals surface area contributed by atoms with Gasteiger partial charge in [-0.3, -0.25) is 14.4 Å². The first kappa shape index (κ1) is 21.2. The molecule has 28 heavy (non-hydrogen) atoms. The minimum Gasteiger partial charge on any atom is -0.352 e. The SMILES string of the molecule is Cc1cc(C(=O)NCC(C)C)ccc1NC(=O)CCNC(=O)c1ccccc1. The highest BCUT2D eigenvalue weighted by atomic mass is 16.2. The summed E-state index contributed by atoms with van der Waals surface area (Å²) in [5.41, 5.74) is 2.58. The zero-order chi connectivity index (χ0) is 20.5. The Hall–Kier alpha value is -3.15. The van der Waals surface area contributed by atoms with Crippen molar-refractivity contribution in [3.05, 3.63) is 65.2 Å². The van der Waals surface area contributed by atoms with Gasteiger partial charge in [0, 0.05) is 36.3 Å². The fourth-order valence-corrected chi connectivity index (χ4v) is 2.54. The van der Waals surface area contributed by atoms with Crippen LogP contribution in [0.3, 0.4) is 0 Å². The number of nitrogens with one attached hydrogen (secondary N) is 3. The van der Waals surface area contributed by atoms with Crippen LogP contribution in [0.4, 0.5) is 5.69 Å². The molecule has 0 bridgehead atoms. The Balaban J connectivity index is 1.83. The molecule has 0 saturated heterocycles. The van der Waals surface area contributed by atoms with Gasteiger partial charge in [0.15, 0.2) is 0 Å². The molecule has 6 heteroatoms. The molecule has 3 N–H and O–H groups in total. The number of aryl methyl sites for hydroxylation is 1. The Labute approximate surface area is 165 Å². The van der Waals surface area contributed by atoms with E-state index >= 15 is 0 Å². The second-order valence-electron chi connectivity index (χ2n) is 7.05. The van der Waals surface area contributed by atoms with Crippen molar-refractivity contribution in [2.75, 3.05) is 18.4 Å². The molecule has 2 aromatic carbocycles. The van der Waals surface area contributed by atoms with Crippen LogP contribution < -0.4 is 16.0 Å². The lowest BCUT2D eigenvalue weighted by atomic mass is 10.1. The van der Waals surface area contributed by atoms with E-state index in [0.29, 0.717) is 29.3 Å². The molecule has 0 aliphatic rings. The first-order valence-corrected chi connectivity index (χ1v) is 9.38. The molecule has 2 aromatic rings. The molecule has 0 heterocycles. The van der Waals surface area contributed by atoms with Crippen molar-refractivity contribution in [1.82, 2.24) is 10.6 Å². The summed E-state index contributed by atoms with van der Waals surface area (Å²) in [6.07, 6.45) is 0.161. The fraction of sp³-hybridized carbons (Fsp3) is 0.318. The van der Waals surface area contributed by atoms with Crippen LogP contribution in [-0.2, 0) is 4.79 Å². The summed E-state index contributed by atoms with van der Waals surface area (Å²) in [5.74, 6) is -0.154. The summed E-state index contributed by atoms with van der Waals surface area (Å²) in [5, 5.41) is 8.41. The predicted octanol–water partition coefficient (Wildman–Crippen LogP) is 3.14. The number of anilines is 1. The predicted molar refractivity (Wildman–Crippen MR) is 110 cm³/mol. The van der Waals surface area contributed by atoms with Gasteiger partial charge in [-0.25, -0.2) is 0 Å². The van der Waals surface area contributed by atoms with Gasteiger partial charge < -0.3 is 16.0 Å². The zero-order valence-corrected chi connectivity index (χ0v) is 16.5. The summed E-state index contributed by atoms with van der Waals surface area (Å²) >= 11 is 0. The molecule has 3 amide bonds. The molecule has 2 rings (SSSR count). The van der Waals surface area contributed by atoms with Crippen LogP contribution in [-0.4, -0.2) is 30.8 Å². The minimum atomic E-state index is -0.207. The van der Waals surface area contributed by atoms with Gasteiger partial charge >= 0.3 is 0 Å². The van der Waals surface area contributed by atoms with Crippen molar-refractivity contribution >= 4 is 23.4 Å². The van der Waals surface area contributed by atoms with Crippen molar-refractivity contribution in [2.45, 2.75) is 27.2 Å². The topological polar surface area (TPSA) is 87.3 Å². The second kappa shape index (κ2) is 10.3. The Bertz CT molecular complexity index is 832. The third-order valence-electron chi connectivity index (χ3n) is 4.11. The van der Waals surface area contributed by atoms with Gasteiger partial charge in [-0.1, -0.05) is 32.0 Å². The highest BCUT2D eigenvalue weighted by Crippen LogP contribution is 2.17. The van der Waals surface area contributed by atoms with Crippen LogP contribution in [0.25, 0.3) is 0 Å². The number of carbonyl (C=O) groups is 3. The summed E-state index contributed by atoms with van der Waals surface area (Å²) in [6.45, 7) is 6.77. The van der Waals surface area contributed by atoms with E-state index in [9.17, 15) is 14.4 Å². The molecule has 0 radical (unpaired) electrons. The Morgan fingerprint density at radius 1 is 0.893 bits per heavy atom. The van der Waals surface area contributed by atoms with Crippen molar-refractivity contribution in [1.29, 1.82) is 0 Å². The maximum absolute atomic E-state index is 12.1. The highest BCUT2D eigenvalue weighted by Gasteiger charge is 2.11. The number of hydrogen-bond donors (Lipinski definition) is 3. The molecule has 0 unspecified atom stereocenters. The second-order valence-corrected chi connectivity index (χ2v) is 7.05. The fourth-order valence-electron chi connectivity index (χ4n) is 2.54. The zero-order valence-electron chi connectivity index (χ0n) is 16.5. The Kier molecular flexibility index (Phi) is 7.75. The van der Waals surface area contributed by atoms with Gasteiger partial charge in [-0.05, 0) is 48.7 Å². The van der Waals surface area contributed by atoms with E-state index < -0.39 is 0 Å². The monoisotopic (exact) mass is 381 g/mol. The van der Waals surface area contributed by atoms with Gasteiger partial charge in [0.2, 0.25) is 5.91 Å². The molecule has 0 atom stereocenters. The molecule has 0 saturated carbocycles. The van der Waals surface area contributed by atoms with Crippen molar-refractivity contribution in [3.63, 3.8) is 0 Å². The molecule has 0 aliphatic heterocycles. The van der Waals surface area contributed by atoms with E-state index in [1.54, 1.807) is 42.5 Å². The number of benzene rings is 2. The third kappa shape index (κ3) is 6.54. The molecule has 148 valence electrons. The largest absolute Gasteiger partial charge is 0.352 e. The average molecular weight is 381 g/mol. The molecule has 0 aliphatic carbocycles. The van der Waals surface area contributed by atoms with Crippen LogP contribution in [0.15, 0.2) is 48.5 Å². The molecule has 0 spiro atoms. The average Bonchev–Trinajstić information content (AvgIpc) is 2.68. The van der Waals surface area contributed by atoms with E-state index in [-0.39, 0.29) is 30.7 Å². The smallest absolute Gasteiger partial charge is 0.251 e. The van der Waals surface area contributed by atoms with Crippen LogP contribution in [0.2, 0.25) is 0 Å². The number of hydrogen-bond acceptors (Lipinski definition) is 3. The first-order valence-electron chi connectivity index (χ1n) is 9.38. The van der Waals surface area contributed by atoms with E-state index in [1.165, 1.54) is 0 Å². The molecule has 0 aromatic heterocycles. The standard InChI is InChI=1S/C22H27N3O3/c1-15(2)14-24-22(28)18-9-10-19(16(3)13-18)25-20(26)11-12-23-21(27)17-7-5-4-6-8-17/h4-10,13,15H,11-12,14H2,1-3H3,(H,23,27)(H,24,28)(H,25,26). The van der Waals surface area contributed by atoms with Crippen LogP contribution >= 0.6 is 0 Å². The van der Waals surface area contributed by atoms with Crippen LogP contribution in [0.1, 0.15) is 46.5 Å². The minimum absolute atomic E-state index is 0.127. The van der Waals surface area contributed by atoms with Gasteiger partial charge in [-0.2, -0.15) is 0 Å².